The fraction of sp³-hybridized carbons (Fsp3) is 0.727. The van der Waals surface area contributed by atoms with Crippen molar-refractivity contribution >= 4 is 17.8 Å². The number of hydrogen-bond donors (Lipinski definition) is 2. The van der Waals surface area contributed by atoms with Crippen molar-refractivity contribution in [3.05, 3.63) is 0 Å². The lowest BCUT2D eigenvalue weighted by Gasteiger charge is -2.26. The van der Waals surface area contributed by atoms with Crippen molar-refractivity contribution in [2.24, 2.45) is 5.92 Å². The molecule has 0 spiro atoms. The van der Waals surface area contributed by atoms with Crippen LogP contribution in [0.3, 0.4) is 0 Å². The van der Waals surface area contributed by atoms with Gasteiger partial charge in [0.1, 0.15) is 18.8 Å². The minimum Gasteiger partial charge on any atom is -0.463 e. The molecule has 0 saturated carbocycles. The maximum atomic E-state index is 11.2. The lowest BCUT2D eigenvalue weighted by molar-refractivity contribution is -0.164. The molecule has 1 amide bonds. The first-order valence-electron chi connectivity index (χ1n) is 5.79. The highest BCUT2D eigenvalue weighted by molar-refractivity contribution is 5.77. The molecule has 0 unspecified atom stereocenters. The van der Waals surface area contributed by atoms with Gasteiger partial charge < -0.3 is 14.6 Å². The van der Waals surface area contributed by atoms with E-state index in [4.69, 9.17) is 4.74 Å². The Bertz CT molecular complexity index is 370. The number of esters is 2. The quantitative estimate of drug-likeness (QED) is 0.492. The van der Waals surface area contributed by atoms with Gasteiger partial charge in [-0.05, 0) is 0 Å². The van der Waals surface area contributed by atoms with Gasteiger partial charge in [-0.3, -0.25) is 19.6 Å². The molecule has 1 saturated heterocycles. The Morgan fingerprint density at radius 3 is 2.47 bits per heavy atom. The number of carbonyl (C=O) groups excluding carboxylic acids is 3. The summed E-state index contributed by atoms with van der Waals surface area (Å²) in [6.45, 7) is 1.96. The Morgan fingerprint density at radius 2 is 2.05 bits per heavy atom. The standard InChI is InChI=1S/C11H17NO7/c1-6(13)18-5-9(15)11(19-7(2)14)8-3-10(16)12(17)4-8/h8-9,11,15,17H,3-5H2,1-2H3/t8-,9+,11+/m0/s1. The van der Waals surface area contributed by atoms with Crippen LogP contribution < -0.4 is 0 Å². The summed E-state index contributed by atoms with van der Waals surface area (Å²) in [7, 11) is 0. The van der Waals surface area contributed by atoms with E-state index < -0.39 is 36.0 Å². The van der Waals surface area contributed by atoms with Crippen LogP contribution in [0.2, 0.25) is 0 Å². The summed E-state index contributed by atoms with van der Waals surface area (Å²) in [5.74, 6) is -2.27. The van der Waals surface area contributed by atoms with Gasteiger partial charge >= 0.3 is 11.9 Å². The Balaban J connectivity index is 2.68. The number of nitrogens with zero attached hydrogens (tertiary/aromatic N) is 1. The molecule has 0 aliphatic carbocycles. The van der Waals surface area contributed by atoms with Gasteiger partial charge in [0.05, 0.1) is 6.54 Å². The van der Waals surface area contributed by atoms with E-state index in [0.717, 1.165) is 0 Å². The van der Waals surface area contributed by atoms with Crippen LogP contribution >= 0.6 is 0 Å². The summed E-state index contributed by atoms with van der Waals surface area (Å²) in [6.07, 6.45) is -2.32. The van der Waals surface area contributed by atoms with E-state index in [9.17, 15) is 24.7 Å². The van der Waals surface area contributed by atoms with Crippen LogP contribution in [0.4, 0.5) is 0 Å². The van der Waals surface area contributed by atoms with Gasteiger partial charge in [-0.1, -0.05) is 0 Å². The predicted molar refractivity (Wildman–Crippen MR) is 59.8 cm³/mol. The van der Waals surface area contributed by atoms with Crippen LogP contribution in [0.15, 0.2) is 0 Å². The summed E-state index contributed by atoms with van der Waals surface area (Å²) < 4.78 is 9.59. The lowest BCUT2D eigenvalue weighted by atomic mass is 9.97. The second-order valence-electron chi connectivity index (χ2n) is 4.38. The van der Waals surface area contributed by atoms with Crippen molar-refractivity contribution in [2.45, 2.75) is 32.5 Å². The molecule has 19 heavy (non-hydrogen) atoms. The zero-order valence-corrected chi connectivity index (χ0v) is 10.7. The molecule has 1 aliphatic rings. The molecule has 2 N–H and O–H groups in total. The van der Waals surface area contributed by atoms with E-state index in [1.165, 1.54) is 13.8 Å². The molecule has 3 atom stereocenters. The number of ether oxygens (including phenoxy) is 2. The minimum atomic E-state index is -1.25. The molecular formula is C11H17NO7. The molecule has 1 aliphatic heterocycles. The van der Waals surface area contributed by atoms with Crippen LogP contribution in [0.5, 0.6) is 0 Å². The number of hydrogen-bond acceptors (Lipinski definition) is 7. The summed E-state index contributed by atoms with van der Waals surface area (Å²) in [5.41, 5.74) is 0. The first kappa shape index (κ1) is 15.4. The molecule has 108 valence electrons. The number of rotatable bonds is 5. The first-order chi connectivity index (χ1) is 8.81. The normalized spacial score (nSPS) is 22.0. The molecular weight excluding hydrogens is 258 g/mol. The third kappa shape index (κ3) is 4.49. The second kappa shape index (κ2) is 6.48. The van der Waals surface area contributed by atoms with E-state index in [0.29, 0.717) is 5.06 Å². The summed E-state index contributed by atoms with van der Waals surface area (Å²) >= 11 is 0. The highest BCUT2D eigenvalue weighted by Crippen LogP contribution is 2.24. The van der Waals surface area contributed by atoms with Crippen molar-refractivity contribution in [3.63, 3.8) is 0 Å². The van der Waals surface area contributed by atoms with Crippen molar-refractivity contribution in [1.29, 1.82) is 0 Å². The van der Waals surface area contributed by atoms with E-state index in [2.05, 4.69) is 4.74 Å². The highest BCUT2D eigenvalue weighted by atomic mass is 16.6. The van der Waals surface area contributed by atoms with Gasteiger partial charge in [0, 0.05) is 26.2 Å². The van der Waals surface area contributed by atoms with E-state index in [1.54, 1.807) is 0 Å². The van der Waals surface area contributed by atoms with Crippen LogP contribution in [0, 0.1) is 5.92 Å². The fourth-order valence-electron chi connectivity index (χ4n) is 1.92. The molecule has 0 radical (unpaired) electrons. The smallest absolute Gasteiger partial charge is 0.303 e. The van der Waals surface area contributed by atoms with Crippen molar-refractivity contribution in [1.82, 2.24) is 5.06 Å². The Labute approximate surface area is 109 Å². The van der Waals surface area contributed by atoms with Gasteiger partial charge in [-0.2, -0.15) is 0 Å². The zero-order valence-electron chi connectivity index (χ0n) is 10.7. The Morgan fingerprint density at radius 1 is 1.42 bits per heavy atom. The molecule has 0 aromatic rings. The van der Waals surface area contributed by atoms with Crippen LogP contribution in [-0.2, 0) is 23.9 Å². The molecule has 0 aromatic heterocycles. The van der Waals surface area contributed by atoms with Crippen molar-refractivity contribution in [3.8, 4) is 0 Å². The third-order valence-corrected chi connectivity index (χ3v) is 2.74. The third-order valence-electron chi connectivity index (χ3n) is 2.74. The maximum Gasteiger partial charge on any atom is 0.303 e. The molecule has 1 fully saturated rings. The first-order valence-corrected chi connectivity index (χ1v) is 5.79. The Hall–Kier alpha value is -1.67. The summed E-state index contributed by atoms with van der Waals surface area (Å²) in [5, 5.41) is 19.6. The fourth-order valence-corrected chi connectivity index (χ4v) is 1.92. The lowest BCUT2D eigenvalue weighted by Crippen LogP contribution is -2.41. The van der Waals surface area contributed by atoms with E-state index in [-0.39, 0.29) is 19.6 Å². The number of aliphatic hydroxyl groups excluding tert-OH is 1. The van der Waals surface area contributed by atoms with Crippen LogP contribution in [0.1, 0.15) is 20.3 Å². The van der Waals surface area contributed by atoms with Crippen LogP contribution in [-0.4, -0.2) is 58.6 Å². The molecule has 8 nitrogen and oxygen atoms in total. The van der Waals surface area contributed by atoms with Gasteiger partial charge in [0.2, 0.25) is 5.91 Å². The highest BCUT2D eigenvalue weighted by Gasteiger charge is 2.40. The van der Waals surface area contributed by atoms with Crippen molar-refractivity contribution < 1.29 is 34.2 Å². The SMILES string of the molecule is CC(=O)OC[C@@H](O)[C@H](OC(C)=O)[C@H]1CC(=O)N(O)C1. The number of aliphatic hydroxyl groups is 1. The van der Waals surface area contributed by atoms with Crippen molar-refractivity contribution in [2.75, 3.05) is 13.2 Å². The largest absolute Gasteiger partial charge is 0.463 e. The predicted octanol–water partition coefficient (Wildman–Crippen LogP) is -0.920. The van der Waals surface area contributed by atoms with Crippen LogP contribution in [0.25, 0.3) is 0 Å². The van der Waals surface area contributed by atoms with Gasteiger partial charge in [-0.15, -0.1) is 0 Å². The van der Waals surface area contributed by atoms with Gasteiger partial charge in [0.15, 0.2) is 0 Å². The maximum absolute atomic E-state index is 11.2. The molecule has 0 aromatic carbocycles. The molecule has 1 heterocycles. The molecule has 8 heteroatoms. The number of hydroxylamine groups is 2. The Kier molecular flexibility index (Phi) is 5.25. The van der Waals surface area contributed by atoms with E-state index >= 15 is 0 Å². The van der Waals surface area contributed by atoms with Gasteiger partial charge in [0.25, 0.3) is 0 Å². The van der Waals surface area contributed by atoms with Gasteiger partial charge in [-0.25, -0.2) is 5.06 Å². The zero-order chi connectivity index (χ0) is 14.6. The van der Waals surface area contributed by atoms with E-state index in [1.807, 2.05) is 0 Å². The summed E-state index contributed by atoms with van der Waals surface area (Å²) in [4.78, 5) is 32.9. The number of carbonyl (C=O) groups is 3. The topological polar surface area (TPSA) is 113 Å². The average Bonchev–Trinajstić information content (AvgIpc) is 2.63. The second-order valence-corrected chi connectivity index (χ2v) is 4.38. The monoisotopic (exact) mass is 275 g/mol. The molecule has 1 rings (SSSR count). The average molecular weight is 275 g/mol. The molecule has 0 bridgehead atoms. The number of amides is 1. The summed E-state index contributed by atoms with van der Waals surface area (Å²) in [6, 6.07) is 0. The minimum absolute atomic E-state index is 0.0477.